The summed E-state index contributed by atoms with van der Waals surface area (Å²) in [6, 6.07) is 14.3. The van der Waals surface area contributed by atoms with Gasteiger partial charge in [0.1, 0.15) is 11.6 Å². The zero-order valence-corrected chi connectivity index (χ0v) is 15.0. The molecule has 2 heterocycles. The Morgan fingerprint density at radius 3 is 2.56 bits per heavy atom. The summed E-state index contributed by atoms with van der Waals surface area (Å²) in [5.41, 5.74) is 1.21. The quantitative estimate of drug-likeness (QED) is 0.748. The summed E-state index contributed by atoms with van der Waals surface area (Å²) in [5, 5.41) is 3.37. The summed E-state index contributed by atoms with van der Waals surface area (Å²) < 4.78 is 5.49. The van der Waals surface area contributed by atoms with Gasteiger partial charge in [-0.15, -0.1) is 0 Å². The Hall–Kier alpha value is -2.27. The average molecular weight is 340 g/mol. The minimum atomic E-state index is 0.966. The Kier molecular flexibility index (Phi) is 6.51. The number of nitrogens with zero attached hydrogens (tertiary/aromatic N) is 3. The lowest BCUT2D eigenvalue weighted by Gasteiger charge is -2.36. The number of methoxy groups -OCH3 is 1. The first-order chi connectivity index (χ1) is 12.4. The number of nitrogens with one attached hydrogen (secondary N) is 1. The number of para-hydroxylation sites is 2. The van der Waals surface area contributed by atoms with E-state index in [9.17, 15) is 0 Å². The fraction of sp³-hybridized carbons (Fsp3) is 0.450. The Morgan fingerprint density at radius 2 is 1.80 bits per heavy atom. The molecule has 0 saturated carbocycles. The van der Waals surface area contributed by atoms with Crippen LogP contribution in [0.5, 0.6) is 5.75 Å². The summed E-state index contributed by atoms with van der Waals surface area (Å²) in [4.78, 5) is 9.27. The number of piperazine rings is 1. The second-order valence-electron chi connectivity index (χ2n) is 6.35. The van der Waals surface area contributed by atoms with Crippen molar-refractivity contribution >= 4 is 11.5 Å². The van der Waals surface area contributed by atoms with Gasteiger partial charge in [-0.2, -0.15) is 0 Å². The highest BCUT2D eigenvalue weighted by molar-refractivity contribution is 5.58. The number of benzene rings is 1. The van der Waals surface area contributed by atoms with Crippen LogP contribution in [0.1, 0.15) is 12.8 Å². The topological polar surface area (TPSA) is 40.6 Å². The Bertz CT molecular complexity index is 627. The third-order valence-corrected chi connectivity index (χ3v) is 4.67. The van der Waals surface area contributed by atoms with Crippen LogP contribution in [0.4, 0.5) is 11.5 Å². The van der Waals surface area contributed by atoms with Gasteiger partial charge in [-0.3, -0.25) is 4.90 Å². The van der Waals surface area contributed by atoms with Crippen molar-refractivity contribution in [2.45, 2.75) is 12.8 Å². The second kappa shape index (κ2) is 9.28. The van der Waals surface area contributed by atoms with Crippen LogP contribution in [0, 0.1) is 0 Å². The molecule has 1 aromatic heterocycles. The molecule has 1 saturated heterocycles. The van der Waals surface area contributed by atoms with Crippen molar-refractivity contribution in [2.75, 3.05) is 56.6 Å². The smallest absolute Gasteiger partial charge is 0.142 e. The SMILES string of the molecule is COc1ccccc1N1CCN(CCCCNc2ccccn2)CC1. The van der Waals surface area contributed by atoms with Crippen molar-refractivity contribution in [1.82, 2.24) is 9.88 Å². The van der Waals surface area contributed by atoms with E-state index >= 15 is 0 Å². The van der Waals surface area contributed by atoms with E-state index in [0.717, 1.165) is 44.3 Å². The first kappa shape index (κ1) is 17.5. The largest absolute Gasteiger partial charge is 0.495 e. The van der Waals surface area contributed by atoms with Crippen molar-refractivity contribution in [1.29, 1.82) is 0 Å². The summed E-state index contributed by atoms with van der Waals surface area (Å²) in [7, 11) is 1.74. The molecule has 0 bridgehead atoms. The molecule has 1 aromatic carbocycles. The van der Waals surface area contributed by atoms with Gasteiger partial charge < -0.3 is 15.0 Å². The van der Waals surface area contributed by atoms with Crippen LogP contribution in [0.3, 0.4) is 0 Å². The Balaban J connectivity index is 1.34. The van der Waals surface area contributed by atoms with Crippen LogP contribution in [-0.2, 0) is 0 Å². The fourth-order valence-corrected chi connectivity index (χ4v) is 3.25. The number of hydrogen-bond acceptors (Lipinski definition) is 5. The van der Waals surface area contributed by atoms with E-state index in [1.807, 2.05) is 36.5 Å². The van der Waals surface area contributed by atoms with Crippen LogP contribution in [-0.4, -0.2) is 56.3 Å². The third kappa shape index (κ3) is 5.10. The van der Waals surface area contributed by atoms with Gasteiger partial charge in [-0.1, -0.05) is 18.2 Å². The van der Waals surface area contributed by atoms with Gasteiger partial charge in [0.05, 0.1) is 12.8 Å². The summed E-state index contributed by atoms with van der Waals surface area (Å²) in [5.74, 6) is 1.93. The minimum absolute atomic E-state index is 0.966. The zero-order chi connectivity index (χ0) is 17.3. The van der Waals surface area contributed by atoms with Crippen molar-refractivity contribution < 1.29 is 4.74 Å². The summed E-state index contributed by atoms with van der Waals surface area (Å²) >= 11 is 0. The lowest BCUT2D eigenvalue weighted by Crippen LogP contribution is -2.46. The van der Waals surface area contributed by atoms with E-state index in [2.05, 4.69) is 32.2 Å². The van der Waals surface area contributed by atoms with Gasteiger partial charge in [-0.05, 0) is 43.7 Å². The summed E-state index contributed by atoms with van der Waals surface area (Å²) in [6.45, 7) is 6.51. The van der Waals surface area contributed by atoms with E-state index in [0.29, 0.717) is 0 Å². The molecule has 0 amide bonds. The molecule has 1 N–H and O–H groups in total. The van der Waals surface area contributed by atoms with Crippen molar-refractivity contribution in [2.24, 2.45) is 0 Å². The Labute approximate surface area is 150 Å². The molecule has 0 atom stereocenters. The maximum Gasteiger partial charge on any atom is 0.142 e. The van der Waals surface area contributed by atoms with Gasteiger partial charge in [-0.25, -0.2) is 4.98 Å². The first-order valence-corrected chi connectivity index (χ1v) is 9.12. The molecule has 5 nitrogen and oxygen atoms in total. The monoisotopic (exact) mass is 340 g/mol. The van der Waals surface area contributed by atoms with Crippen molar-refractivity contribution in [3.05, 3.63) is 48.7 Å². The lowest BCUT2D eigenvalue weighted by atomic mass is 10.2. The van der Waals surface area contributed by atoms with E-state index in [-0.39, 0.29) is 0 Å². The van der Waals surface area contributed by atoms with Crippen LogP contribution in [0.15, 0.2) is 48.7 Å². The fourth-order valence-electron chi connectivity index (χ4n) is 3.25. The van der Waals surface area contributed by atoms with Gasteiger partial charge >= 0.3 is 0 Å². The number of anilines is 2. The van der Waals surface area contributed by atoms with Gasteiger partial charge in [0.15, 0.2) is 0 Å². The van der Waals surface area contributed by atoms with E-state index in [1.165, 1.54) is 25.1 Å². The number of rotatable bonds is 8. The molecule has 134 valence electrons. The molecule has 25 heavy (non-hydrogen) atoms. The molecule has 1 aliphatic heterocycles. The van der Waals surface area contributed by atoms with Gasteiger partial charge in [0.2, 0.25) is 0 Å². The first-order valence-electron chi connectivity index (χ1n) is 9.12. The molecule has 0 aliphatic carbocycles. The highest BCUT2D eigenvalue weighted by Gasteiger charge is 2.18. The normalized spacial score (nSPS) is 15.2. The highest BCUT2D eigenvalue weighted by Crippen LogP contribution is 2.28. The van der Waals surface area contributed by atoms with Crippen LogP contribution in [0.25, 0.3) is 0 Å². The molecule has 2 aromatic rings. The molecule has 0 radical (unpaired) electrons. The number of unbranched alkanes of at least 4 members (excludes halogenated alkanes) is 1. The second-order valence-corrected chi connectivity index (χ2v) is 6.35. The number of ether oxygens (including phenoxy) is 1. The molecule has 3 rings (SSSR count). The maximum atomic E-state index is 5.49. The highest BCUT2D eigenvalue weighted by atomic mass is 16.5. The predicted molar refractivity (Wildman–Crippen MR) is 104 cm³/mol. The van der Waals surface area contributed by atoms with Crippen LogP contribution < -0.4 is 15.0 Å². The maximum absolute atomic E-state index is 5.49. The molecule has 0 unspecified atom stereocenters. The standard InChI is InChI=1S/C20H28N4O/c1-25-19-9-3-2-8-18(19)24-16-14-23(15-17-24)13-7-6-12-22-20-10-4-5-11-21-20/h2-5,8-11H,6-7,12-17H2,1H3,(H,21,22). The lowest BCUT2D eigenvalue weighted by molar-refractivity contribution is 0.253. The van der Waals surface area contributed by atoms with Gasteiger partial charge in [0.25, 0.3) is 0 Å². The minimum Gasteiger partial charge on any atom is -0.495 e. The Morgan fingerprint density at radius 1 is 1.00 bits per heavy atom. The summed E-state index contributed by atoms with van der Waals surface area (Å²) in [6.07, 6.45) is 4.21. The molecule has 1 fully saturated rings. The average Bonchev–Trinajstić information content (AvgIpc) is 2.69. The molecule has 5 heteroatoms. The molecule has 1 aliphatic rings. The molecular formula is C20H28N4O. The number of aromatic nitrogens is 1. The number of hydrogen-bond donors (Lipinski definition) is 1. The van der Waals surface area contributed by atoms with E-state index in [1.54, 1.807) is 7.11 Å². The van der Waals surface area contributed by atoms with Crippen molar-refractivity contribution in [3.8, 4) is 5.75 Å². The number of pyridine rings is 1. The van der Waals surface area contributed by atoms with Crippen LogP contribution in [0.2, 0.25) is 0 Å². The van der Waals surface area contributed by atoms with E-state index in [4.69, 9.17) is 4.74 Å². The third-order valence-electron chi connectivity index (χ3n) is 4.67. The molecule has 0 spiro atoms. The predicted octanol–water partition coefficient (Wildman–Crippen LogP) is 3.10. The van der Waals surface area contributed by atoms with E-state index < -0.39 is 0 Å². The van der Waals surface area contributed by atoms with Crippen molar-refractivity contribution in [3.63, 3.8) is 0 Å². The zero-order valence-electron chi connectivity index (χ0n) is 15.0. The molecular weight excluding hydrogens is 312 g/mol. The van der Waals surface area contributed by atoms with Crippen LogP contribution >= 0.6 is 0 Å². The van der Waals surface area contributed by atoms with Gasteiger partial charge in [0, 0.05) is 38.9 Å².